The molecule has 1 heterocycles. The largest absolute Gasteiger partial charge is 0.489 e. The predicted molar refractivity (Wildman–Crippen MR) is 87.4 cm³/mol. The Morgan fingerprint density at radius 1 is 1.42 bits per heavy atom. The fraction of sp³-hybridized carbons (Fsp3) is 0.333. The molecule has 2 N–H and O–H groups in total. The van der Waals surface area contributed by atoms with Gasteiger partial charge in [-0.05, 0) is 37.1 Å². The van der Waals surface area contributed by atoms with Crippen molar-refractivity contribution < 1.29 is 19.1 Å². The van der Waals surface area contributed by atoms with Crippen molar-refractivity contribution >= 4 is 5.91 Å². The summed E-state index contributed by atoms with van der Waals surface area (Å²) >= 11 is 0. The number of nitrogens with zero attached hydrogens (tertiary/aromatic N) is 1. The standard InChI is InChI=1S/C18H20N2O4/c1-12(10-21)13(2)20-18(22)17-15(6-7-23-17)11-24-16-5-3-4-14(8-16)9-19/h3-8,12-13,21H,10-11H2,1-2H3,(H,20,22). The van der Waals surface area contributed by atoms with Crippen LogP contribution in [0.3, 0.4) is 0 Å². The number of nitriles is 1. The number of benzene rings is 1. The fourth-order valence-corrected chi connectivity index (χ4v) is 2.04. The van der Waals surface area contributed by atoms with Crippen molar-refractivity contribution in [3.63, 3.8) is 0 Å². The average Bonchev–Trinajstić information content (AvgIpc) is 3.08. The first-order chi connectivity index (χ1) is 11.5. The molecule has 0 fully saturated rings. The summed E-state index contributed by atoms with van der Waals surface area (Å²) in [5, 5.41) is 20.8. The topological polar surface area (TPSA) is 95.5 Å². The van der Waals surface area contributed by atoms with Gasteiger partial charge in [-0.15, -0.1) is 0 Å². The molecule has 2 unspecified atom stereocenters. The molecule has 0 aliphatic rings. The number of furan rings is 1. The Labute approximate surface area is 140 Å². The second kappa shape index (κ2) is 8.18. The van der Waals surface area contributed by atoms with Gasteiger partial charge in [-0.3, -0.25) is 4.79 Å². The minimum absolute atomic E-state index is 0.00912. The van der Waals surface area contributed by atoms with Crippen molar-refractivity contribution in [2.45, 2.75) is 26.5 Å². The maximum atomic E-state index is 12.3. The first-order valence-corrected chi connectivity index (χ1v) is 7.66. The molecule has 6 heteroatoms. The Morgan fingerprint density at radius 3 is 2.92 bits per heavy atom. The number of rotatable bonds is 7. The molecule has 0 spiro atoms. The molecule has 2 atom stereocenters. The Balaban J connectivity index is 2.02. The van der Waals surface area contributed by atoms with Crippen molar-refractivity contribution in [3.8, 4) is 11.8 Å². The predicted octanol–water partition coefficient (Wildman–Crippen LogP) is 2.48. The molecular formula is C18H20N2O4. The monoisotopic (exact) mass is 328 g/mol. The average molecular weight is 328 g/mol. The molecule has 0 bridgehead atoms. The van der Waals surface area contributed by atoms with Crippen LogP contribution in [-0.4, -0.2) is 23.7 Å². The Kier molecular flexibility index (Phi) is 5.99. The summed E-state index contributed by atoms with van der Waals surface area (Å²) in [6.07, 6.45) is 1.43. The number of amides is 1. The Hall–Kier alpha value is -2.78. The Morgan fingerprint density at radius 2 is 2.21 bits per heavy atom. The van der Waals surface area contributed by atoms with Crippen LogP contribution in [0.2, 0.25) is 0 Å². The van der Waals surface area contributed by atoms with E-state index in [-0.39, 0.29) is 36.8 Å². The highest BCUT2D eigenvalue weighted by Gasteiger charge is 2.20. The third-order valence-electron chi connectivity index (χ3n) is 3.81. The molecule has 1 aromatic carbocycles. The number of aliphatic hydroxyl groups excluding tert-OH is 1. The molecule has 2 aromatic rings. The second-order valence-corrected chi connectivity index (χ2v) is 5.63. The molecule has 1 aromatic heterocycles. The summed E-state index contributed by atoms with van der Waals surface area (Å²) in [4.78, 5) is 12.3. The van der Waals surface area contributed by atoms with Crippen LogP contribution in [0.15, 0.2) is 41.0 Å². The summed E-state index contributed by atoms with van der Waals surface area (Å²) in [7, 11) is 0. The maximum Gasteiger partial charge on any atom is 0.287 e. The van der Waals surface area contributed by atoms with E-state index in [4.69, 9.17) is 19.5 Å². The van der Waals surface area contributed by atoms with E-state index in [2.05, 4.69) is 5.32 Å². The number of nitrogens with one attached hydrogen (secondary N) is 1. The molecule has 0 radical (unpaired) electrons. The normalized spacial score (nSPS) is 12.9. The third kappa shape index (κ3) is 4.37. The first kappa shape index (κ1) is 17.6. The molecule has 126 valence electrons. The number of ether oxygens (including phenoxy) is 1. The van der Waals surface area contributed by atoms with Crippen LogP contribution in [0.5, 0.6) is 5.75 Å². The number of hydrogen-bond acceptors (Lipinski definition) is 5. The van der Waals surface area contributed by atoms with E-state index in [0.717, 1.165) is 0 Å². The van der Waals surface area contributed by atoms with Crippen LogP contribution in [0.1, 0.15) is 35.5 Å². The SMILES string of the molecule is CC(CO)C(C)NC(=O)c1occc1COc1cccc(C#N)c1. The lowest BCUT2D eigenvalue weighted by molar-refractivity contribution is 0.0884. The van der Waals surface area contributed by atoms with Crippen molar-refractivity contribution in [3.05, 3.63) is 53.5 Å². The van der Waals surface area contributed by atoms with Gasteiger partial charge >= 0.3 is 0 Å². The zero-order valence-corrected chi connectivity index (χ0v) is 13.7. The third-order valence-corrected chi connectivity index (χ3v) is 3.81. The summed E-state index contributed by atoms with van der Waals surface area (Å²) < 4.78 is 10.9. The lowest BCUT2D eigenvalue weighted by atomic mass is 10.1. The van der Waals surface area contributed by atoms with Gasteiger partial charge in [-0.1, -0.05) is 13.0 Å². The van der Waals surface area contributed by atoms with Gasteiger partial charge in [-0.25, -0.2) is 0 Å². The highest BCUT2D eigenvalue weighted by atomic mass is 16.5. The molecule has 1 amide bonds. The highest BCUT2D eigenvalue weighted by Crippen LogP contribution is 2.17. The smallest absolute Gasteiger partial charge is 0.287 e. The molecule has 6 nitrogen and oxygen atoms in total. The highest BCUT2D eigenvalue weighted by molar-refractivity contribution is 5.93. The van der Waals surface area contributed by atoms with Crippen molar-refractivity contribution in [2.75, 3.05) is 6.61 Å². The van der Waals surface area contributed by atoms with Crippen LogP contribution in [0, 0.1) is 17.2 Å². The maximum absolute atomic E-state index is 12.3. The fourth-order valence-electron chi connectivity index (χ4n) is 2.04. The summed E-state index contributed by atoms with van der Waals surface area (Å²) in [5.41, 5.74) is 1.11. The van der Waals surface area contributed by atoms with Gasteiger partial charge < -0.3 is 19.6 Å². The Bertz CT molecular complexity index is 733. The van der Waals surface area contributed by atoms with Gasteiger partial charge in [0.05, 0.1) is 17.9 Å². The molecule has 0 aliphatic heterocycles. The lowest BCUT2D eigenvalue weighted by Crippen LogP contribution is -2.38. The quantitative estimate of drug-likeness (QED) is 0.814. The van der Waals surface area contributed by atoms with Crippen LogP contribution in [-0.2, 0) is 6.61 Å². The van der Waals surface area contributed by atoms with Crippen LogP contribution >= 0.6 is 0 Å². The van der Waals surface area contributed by atoms with E-state index in [1.807, 2.05) is 19.9 Å². The van der Waals surface area contributed by atoms with Crippen LogP contribution in [0.4, 0.5) is 0 Å². The minimum atomic E-state index is -0.350. The van der Waals surface area contributed by atoms with Crippen molar-refractivity contribution in [1.29, 1.82) is 5.26 Å². The van der Waals surface area contributed by atoms with E-state index < -0.39 is 0 Å². The zero-order valence-electron chi connectivity index (χ0n) is 13.7. The number of carbonyl (C=O) groups is 1. The van der Waals surface area contributed by atoms with Gasteiger partial charge in [0, 0.05) is 18.2 Å². The minimum Gasteiger partial charge on any atom is -0.489 e. The van der Waals surface area contributed by atoms with Crippen molar-refractivity contribution in [1.82, 2.24) is 5.32 Å². The lowest BCUT2D eigenvalue weighted by Gasteiger charge is -2.18. The van der Waals surface area contributed by atoms with Crippen molar-refractivity contribution in [2.24, 2.45) is 5.92 Å². The summed E-state index contributed by atoms with van der Waals surface area (Å²) in [6.45, 7) is 3.81. The summed E-state index contributed by atoms with van der Waals surface area (Å²) in [6, 6.07) is 10.3. The second-order valence-electron chi connectivity index (χ2n) is 5.63. The molecule has 2 rings (SSSR count). The number of hydrogen-bond donors (Lipinski definition) is 2. The molecule has 0 saturated heterocycles. The van der Waals surface area contributed by atoms with Gasteiger partial charge in [0.1, 0.15) is 12.4 Å². The van der Waals surface area contributed by atoms with E-state index in [0.29, 0.717) is 16.9 Å². The number of carbonyl (C=O) groups excluding carboxylic acids is 1. The first-order valence-electron chi connectivity index (χ1n) is 7.66. The van der Waals surface area contributed by atoms with E-state index in [1.54, 1.807) is 30.3 Å². The zero-order chi connectivity index (χ0) is 17.5. The van der Waals surface area contributed by atoms with Gasteiger partial charge in [0.2, 0.25) is 0 Å². The van der Waals surface area contributed by atoms with E-state index in [9.17, 15) is 4.79 Å². The molecule has 0 saturated carbocycles. The van der Waals surface area contributed by atoms with Gasteiger partial charge in [0.15, 0.2) is 5.76 Å². The van der Waals surface area contributed by atoms with E-state index >= 15 is 0 Å². The van der Waals surface area contributed by atoms with Gasteiger partial charge in [-0.2, -0.15) is 5.26 Å². The van der Waals surface area contributed by atoms with E-state index in [1.165, 1.54) is 6.26 Å². The van der Waals surface area contributed by atoms with Crippen LogP contribution in [0.25, 0.3) is 0 Å². The molecular weight excluding hydrogens is 308 g/mol. The number of aliphatic hydroxyl groups is 1. The molecule has 24 heavy (non-hydrogen) atoms. The van der Waals surface area contributed by atoms with Crippen LogP contribution < -0.4 is 10.1 Å². The summed E-state index contributed by atoms with van der Waals surface area (Å²) in [5.74, 6) is 0.321. The molecule has 0 aliphatic carbocycles. The van der Waals surface area contributed by atoms with Gasteiger partial charge in [0.25, 0.3) is 5.91 Å².